The van der Waals surface area contributed by atoms with Crippen LogP contribution in [0, 0.1) is 0 Å². The molecule has 1 rings (SSSR count). The fourth-order valence-electron chi connectivity index (χ4n) is 1.27. The van der Waals surface area contributed by atoms with Crippen molar-refractivity contribution in [3.8, 4) is 0 Å². The zero-order valence-electron chi connectivity index (χ0n) is 10.3. The molecule has 17 heavy (non-hydrogen) atoms. The van der Waals surface area contributed by atoms with Gasteiger partial charge in [-0.25, -0.2) is 4.98 Å². The third kappa shape index (κ3) is 3.87. The Morgan fingerprint density at radius 3 is 2.65 bits per heavy atom. The molecule has 0 aliphatic carbocycles. The van der Waals surface area contributed by atoms with Gasteiger partial charge < -0.3 is 15.5 Å². The van der Waals surface area contributed by atoms with Gasteiger partial charge in [0, 0.05) is 20.1 Å². The number of rotatable bonds is 4. The topological polar surface area (TPSA) is 62.5 Å². The average Bonchev–Trinajstić information content (AvgIpc) is 2.28. The van der Waals surface area contributed by atoms with E-state index < -0.39 is 0 Å². The number of anilines is 1. The second-order valence-electron chi connectivity index (χ2n) is 4.14. The highest BCUT2D eigenvalue weighted by molar-refractivity contribution is 6.32. The number of amides is 1. The summed E-state index contributed by atoms with van der Waals surface area (Å²) in [5, 5.41) is 0.181. The second-order valence-corrected chi connectivity index (χ2v) is 4.50. The predicted molar refractivity (Wildman–Crippen MR) is 69.2 cm³/mol. The Kier molecular flexibility index (Phi) is 4.72. The molecule has 0 saturated carbocycles. The van der Waals surface area contributed by atoms with Gasteiger partial charge in [-0.1, -0.05) is 11.6 Å². The lowest BCUT2D eigenvalue weighted by atomic mass is 10.2. The molecule has 1 aromatic rings. The third-order valence-electron chi connectivity index (χ3n) is 2.32. The van der Waals surface area contributed by atoms with Gasteiger partial charge in [-0.15, -0.1) is 0 Å². The van der Waals surface area contributed by atoms with Crippen LogP contribution in [0.3, 0.4) is 0 Å². The van der Waals surface area contributed by atoms with Crippen molar-refractivity contribution in [2.45, 2.75) is 0 Å². The van der Waals surface area contributed by atoms with Crippen molar-refractivity contribution < 1.29 is 4.79 Å². The van der Waals surface area contributed by atoms with Gasteiger partial charge in [-0.3, -0.25) is 4.79 Å². The van der Waals surface area contributed by atoms with Gasteiger partial charge >= 0.3 is 0 Å². The number of nitrogens with zero attached hydrogens (tertiary/aromatic N) is 3. The number of carbonyl (C=O) groups excluding carboxylic acids is 1. The van der Waals surface area contributed by atoms with Gasteiger partial charge in [0.15, 0.2) is 0 Å². The van der Waals surface area contributed by atoms with Crippen LogP contribution in [0.4, 0.5) is 5.69 Å². The van der Waals surface area contributed by atoms with Gasteiger partial charge in [-0.2, -0.15) is 0 Å². The van der Waals surface area contributed by atoms with E-state index in [0.717, 1.165) is 6.54 Å². The lowest BCUT2D eigenvalue weighted by Crippen LogP contribution is -2.33. The smallest absolute Gasteiger partial charge is 0.256 e. The lowest BCUT2D eigenvalue weighted by Gasteiger charge is -2.20. The monoisotopic (exact) mass is 256 g/mol. The summed E-state index contributed by atoms with van der Waals surface area (Å²) >= 11 is 5.87. The minimum Gasteiger partial charge on any atom is -0.397 e. The zero-order chi connectivity index (χ0) is 13.0. The number of likely N-dealkylation sites (N-methyl/N-ethyl adjacent to an activating group) is 2. The van der Waals surface area contributed by atoms with Crippen molar-refractivity contribution in [1.29, 1.82) is 0 Å². The molecule has 1 heterocycles. The first-order valence-corrected chi connectivity index (χ1v) is 5.61. The van der Waals surface area contributed by atoms with Crippen LogP contribution in [0.25, 0.3) is 0 Å². The van der Waals surface area contributed by atoms with E-state index in [4.69, 9.17) is 17.3 Å². The highest BCUT2D eigenvalue weighted by atomic mass is 35.5. The van der Waals surface area contributed by atoms with E-state index >= 15 is 0 Å². The normalized spacial score (nSPS) is 10.6. The predicted octanol–water partition coefficient (Wildman–Crippen LogP) is 0.951. The van der Waals surface area contributed by atoms with Crippen LogP contribution in [0.5, 0.6) is 0 Å². The zero-order valence-corrected chi connectivity index (χ0v) is 11.0. The molecule has 0 radical (unpaired) electrons. The highest BCUT2D eigenvalue weighted by Crippen LogP contribution is 2.17. The van der Waals surface area contributed by atoms with Crippen LogP contribution < -0.4 is 5.73 Å². The lowest BCUT2D eigenvalue weighted by molar-refractivity contribution is 0.0786. The first-order valence-electron chi connectivity index (χ1n) is 5.23. The van der Waals surface area contributed by atoms with Crippen molar-refractivity contribution in [3.05, 3.63) is 23.0 Å². The van der Waals surface area contributed by atoms with Crippen LogP contribution in [-0.2, 0) is 0 Å². The molecule has 1 amide bonds. The van der Waals surface area contributed by atoms with Crippen LogP contribution in [0.2, 0.25) is 5.15 Å². The van der Waals surface area contributed by atoms with E-state index in [1.165, 1.54) is 6.20 Å². The molecule has 1 aromatic heterocycles. The van der Waals surface area contributed by atoms with Crippen LogP contribution in [0.1, 0.15) is 10.4 Å². The average molecular weight is 257 g/mol. The SMILES string of the molecule is CN(C)CCN(C)C(=O)c1cc(N)cnc1Cl. The van der Waals surface area contributed by atoms with Crippen molar-refractivity contribution in [2.75, 3.05) is 40.0 Å². The summed E-state index contributed by atoms with van der Waals surface area (Å²) in [5.41, 5.74) is 6.36. The molecular weight excluding hydrogens is 240 g/mol. The second kappa shape index (κ2) is 5.84. The summed E-state index contributed by atoms with van der Waals surface area (Å²) in [7, 11) is 5.63. The van der Waals surface area contributed by atoms with Crippen LogP contribution >= 0.6 is 11.6 Å². The van der Waals surface area contributed by atoms with E-state index in [0.29, 0.717) is 17.8 Å². The summed E-state index contributed by atoms with van der Waals surface area (Å²) in [5.74, 6) is -0.170. The number of carbonyl (C=O) groups is 1. The Hall–Kier alpha value is -1.33. The Morgan fingerprint density at radius 1 is 1.41 bits per heavy atom. The van der Waals surface area contributed by atoms with Crippen LogP contribution in [-0.4, -0.2) is 54.9 Å². The van der Waals surface area contributed by atoms with E-state index in [9.17, 15) is 4.79 Å². The molecule has 0 aliphatic rings. The Balaban J connectivity index is 2.78. The molecule has 2 N–H and O–H groups in total. The van der Waals surface area contributed by atoms with Crippen LogP contribution in [0.15, 0.2) is 12.3 Å². The van der Waals surface area contributed by atoms with Crippen molar-refractivity contribution in [1.82, 2.24) is 14.8 Å². The maximum Gasteiger partial charge on any atom is 0.256 e. The molecule has 0 saturated heterocycles. The number of nitrogen functional groups attached to an aromatic ring is 1. The van der Waals surface area contributed by atoms with E-state index in [1.807, 2.05) is 19.0 Å². The molecule has 0 atom stereocenters. The summed E-state index contributed by atoms with van der Waals surface area (Å²) in [6.45, 7) is 1.41. The first-order chi connectivity index (χ1) is 7.91. The maximum atomic E-state index is 12.1. The van der Waals surface area contributed by atoms with Gasteiger partial charge in [0.25, 0.3) is 5.91 Å². The number of nitrogens with two attached hydrogens (primary N) is 1. The fraction of sp³-hybridized carbons (Fsp3) is 0.455. The molecule has 0 aliphatic heterocycles. The molecule has 0 bridgehead atoms. The number of halogens is 1. The molecule has 0 fully saturated rings. The largest absolute Gasteiger partial charge is 0.397 e. The number of hydrogen-bond donors (Lipinski definition) is 1. The fourth-order valence-corrected chi connectivity index (χ4v) is 1.46. The molecule has 6 heteroatoms. The van der Waals surface area contributed by atoms with E-state index in [1.54, 1.807) is 18.0 Å². The first kappa shape index (κ1) is 13.7. The van der Waals surface area contributed by atoms with Gasteiger partial charge in [0.05, 0.1) is 17.4 Å². The third-order valence-corrected chi connectivity index (χ3v) is 2.62. The Bertz CT molecular complexity index is 408. The summed E-state index contributed by atoms with van der Waals surface area (Å²) in [6.07, 6.45) is 1.43. The molecule has 0 spiro atoms. The number of hydrogen-bond acceptors (Lipinski definition) is 4. The van der Waals surface area contributed by atoms with Crippen molar-refractivity contribution in [3.63, 3.8) is 0 Å². The Labute approximate surface area is 106 Å². The molecule has 0 aromatic carbocycles. The molecule has 94 valence electrons. The quantitative estimate of drug-likeness (QED) is 0.815. The molecule has 0 unspecified atom stereocenters. The minimum absolute atomic E-state index is 0.170. The number of pyridine rings is 1. The highest BCUT2D eigenvalue weighted by Gasteiger charge is 2.16. The van der Waals surface area contributed by atoms with E-state index in [-0.39, 0.29) is 11.1 Å². The maximum absolute atomic E-state index is 12.1. The van der Waals surface area contributed by atoms with Crippen molar-refractivity contribution in [2.24, 2.45) is 0 Å². The van der Waals surface area contributed by atoms with Gasteiger partial charge in [-0.05, 0) is 20.2 Å². The summed E-state index contributed by atoms with van der Waals surface area (Å²) in [4.78, 5) is 19.5. The molecular formula is C11H17ClN4O. The van der Waals surface area contributed by atoms with E-state index in [2.05, 4.69) is 4.98 Å². The Morgan fingerprint density at radius 2 is 2.06 bits per heavy atom. The minimum atomic E-state index is -0.170. The van der Waals surface area contributed by atoms with Gasteiger partial charge in [0.1, 0.15) is 5.15 Å². The molecule has 5 nitrogen and oxygen atoms in total. The summed E-state index contributed by atoms with van der Waals surface area (Å²) < 4.78 is 0. The summed E-state index contributed by atoms with van der Waals surface area (Å²) in [6, 6.07) is 1.55. The van der Waals surface area contributed by atoms with Crippen molar-refractivity contribution >= 4 is 23.2 Å². The standard InChI is InChI=1S/C11H17ClN4O/c1-15(2)4-5-16(3)11(17)9-6-8(13)7-14-10(9)12/h6-7H,4-5,13H2,1-3H3. The van der Waals surface area contributed by atoms with Gasteiger partial charge in [0.2, 0.25) is 0 Å². The number of aromatic nitrogens is 1.